The SMILES string of the molecule is O=C(C(=Cc1cc([N+](=O)[O-])ccc1OC(F)F)c1nc2ccccc2[nH]1)c1ccccc1. The van der Waals surface area contributed by atoms with E-state index in [9.17, 15) is 23.7 Å². The first kappa shape index (κ1) is 20.9. The number of aromatic nitrogens is 2. The number of H-pyrrole nitrogens is 1. The van der Waals surface area contributed by atoms with Crippen molar-refractivity contribution in [3.8, 4) is 5.75 Å². The quantitative estimate of drug-likeness (QED) is 0.179. The molecule has 1 aromatic heterocycles. The second kappa shape index (κ2) is 8.76. The third-order valence-electron chi connectivity index (χ3n) is 4.65. The van der Waals surface area contributed by atoms with Crippen molar-refractivity contribution < 1.29 is 23.2 Å². The van der Waals surface area contributed by atoms with E-state index in [2.05, 4.69) is 14.7 Å². The van der Waals surface area contributed by atoms with E-state index >= 15 is 0 Å². The number of alkyl halides is 2. The fourth-order valence-electron chi connectivity index (χ4n) is 3.19. The molecule has 0 aliphatic carbocycles. The highest BCUT2D eigenvalue weighted by molar-refractivity contribution is 6.32. The second-order valence-corrected chi connectivity index (χ2v) is 6.71. The number of nitrogens with one attached hydrogen (secondary N) is 1. The molecule has 0 fully saturated rings. The van der Waals surface area contributed by atoms with Crippen LogP contribution in [0.1, 0.15) is 21.7 Å². The van der Waals surface area contributed by atoms with Crippen LogP contribution in [0.5, 0.6) is 5.75 Å². The Morgan fingerprint density at radius 1 is 1.06 bits per heavy atom. The summed E-state index contributed by atoms with van der Waals surface area (Å²) >= 11 is 0. The number of ether oxygens (including phenoxy) is 1. The lowest BCUT2D eigenvalue weighted by Gasteiger charge is -2.10. The van der Waals surface area contributed by atoms with E-state index in [4.69, 9.17) is 0 Å². The van der Waals surface area contributed by atoms with Crippen molar-refractivity contribution in [1.82, 2.24) is 9.97 Å². The number of allylic oxidation sites excluding steroid dienone is 1. The molecular formula is C23H15F2N3O4. The van der Waals surface area contributed by atoms with Crippen molar-refractivity contribution in [3.05, 3.63) is 99.9 Å². The number of carbonyl (C=O) groups excluding carboxylic acids is 1. The van der Waals surface area contributed by atoms with Crippen LogP contribution in [-0.2, 0) is 0 Å². The zero-order chi connectivity index (χ0) is 22.7. The molecule has 4 rings (SSSR count). The number of nitro benzene ring substituents is 1. The van der Waals surface area contributed by atoms with Crippen molar-refractivity contribution in [2.24, 2.45) is 0 Å². The smallest absolute Gasteiger partial charge is 0.387 e. The molecule has 0 spiro atoms. The van der Waals surface area contributed by atoms with Crippen LogP contribution in [0, 0.1) is 10.1 Å². The zero-order valence-electron chi connectivity index (χ0n) is 16.4. The lowest BCUT2D eigenvalue weighted by molar-refractivity contribution is -0.384. The van der Waals surface area contributed by atoms with Crippen LogP contribution in [0.3, 0.4) is 0 Å². The molecule has 0 unspecified atom stereocenters. The first-order valence-corrected chi connectivity index (χ1v) is 9.42. The Balaban J connectivity index is 1.92. The average Bonchev–Trinajstić information content (AvgIpc) is 3.22. The molecule has 1 N–H and O–H groups in total. The number of Topliss-reactive ketones (excluding diaryl/α,β-unsaturated/α-hetero) is 1. The number of hydrogen-bond donors (Lipinski definition) is 1. The van der Waals surface area contributed by atoms with Gasteiger partial charge in [-0.1, -0.05) is 42.5 Å². The number of imidazole rings is 1. The third kappa shape index (κ3) is 4.36. The number of non-ortho nitro benzene ring substituents is 1. The van der Waals surface area contributed by atoms with Crippen LogP contribution in [0.25, 0.3) is 22.7 Å². The molecule has 0 aliphatic heterocycles. The molecule has 32 heavy (non-hydrogen) atoms. The van der Waals surface area contributed by atoms with E-state index in [-0.39, 0.29) is 28.4 Å². The minimum atomic E-state index is -3.15. The highest BCUT2D eigenvalue weighted by atomic mass is 19.3. The van der Waals surface area contributed by atoms with Crippen LogP contribution in [0.4, 0.5) is 14.5 Å². The van der Waals surface area contributed by atoms with Gasteiger partial charge < -0.3 is 9.72 Å². The highest BCUT2D eigenvalue weighted by Gasteiger charge is 2.21. The molecule has 4 aromatic rings. The summed E-state index contributed by atoms with van der Waals surface area (Å²) in [6.45, 7) is -3.15. The van der Waals surface area contributed by atoms with Crippen LogP contribution in [-0.4, -0.2) is 27.3 Å². The van der Waals surface area contributed by atoms with Crippen LogP contribution >= 0.6 is 0 Å². The maximum atomic E-state index is 13.3. The summed E-state index contributed by atoms with van der Waals surface area (Å²) in [5.41, 5.74) is 1.23. The summed E-state index contributed by atoms with van der Waals surface area (Å²) in [6.07, 6.45) is 1.26. The largest absolute Gasteiger partial charge is 0.434 e. The zero-order valence-corrected chi connectivity index (χ0v) is 16.4. The normalized spacial score (nSPS) is 11.7. The van der Waals surface area contributed by atoms with E-state index in [1.54, 1.807) is 54.6 Å². The molecule has 0 radical (unpaired) electrons. The lowest BCUT2D eigenvalue weighted by Crippen LogP contribution is -2.06. The predicted octanol–water partition coefficient (Wildman–Crippen LogP) is 5.50. The average molecular weight is 435 g/mol. The van der Waals surface area contributed by atoms with Crippen LogP contribution in [0.15, 0.2) is 72.8 Å². The number of nitrogens with zero attached hydrogens (tertiary/aromatic N) is 2. The topological polar surface area (TPSA) is 98.1 Å². The van der Waals surface area contributed by atoms with Gasteiger partial charge in [-0.15, -0.1) is 0 Å². The van der Waals surface area contributed by atoms with Gasteiger partial charge in [-0.25, -0.2) is 4.98 Å². The van der Waals surface area contributed by atoms with Gasteiger partial charge in [0, 0.05) is 23.3 Å². The Labute approximate surface area is 180 Å². The highest BCUT2D eigenvalue weighted by Crippen LogP contribution is 2.31. The Morgan fingerprint density at radius 3 is 2.47 bits per heavy atom. The standard InChI is InChI=1S/C23H15F2N3O4/c24-23(25)32-20-11-10-16(28(30)31)12-15(20)13-17(21(29)14-6-2-1-3-7-14)22-26-18-8-4-5-9-19(18)27-22/h1-13,23H,(H,26,27). The van der Waals surface area contributed by atoms with Gasteiger partial charge in [0.05, 0.1) is 21.5 Å². The van der Waals surface area contributed by atoms with Crippen molar-refractivity contribution in [2.45, 2.75) is 6.61 Å². The molecule has 1 heterocycles. The van der Waals surface area contributed by atoms with Crippen molar-refractivity contribution in [2.75, 3.05) is 0 Å². The van der Waals surface area contributed by atoms with E-state index in [1.807, 2.05) is 0 Å². The Bertz CT molecular complexity index is 1300. The van der Waals surface area contributed by atoms with Gasteiger partial charge >= 0.3 is 6.61 Å². The summed E-state index contributed by atoms with van der Waals surface area (Å²) in [6, 6.07) is 18.6. The van der Waals surface area contributed by atoms with E-state index < -0.39 is 17.3 Å². The minimum absolute atomic E-state index is 0.0343. The monoisotopic (exact) mass is 435 g/mol. The molecule has 0 saturated carbocycles. The summed E-state index contributed by atoms with van der Waals surface area (Å²) in [5, 5.41) is 11.2. The van der Waals surface area contributed by atoms with Crippen LogP contribution < -0.4 is 4.74 Å². The number of rotatable bonds is 7. The molecule has 0 saturated heterocycles. The van der Waals surface area contributed by atoms with Gasteiger partial charge in [0.1, 0.15) is 11.6 Å². The fourth-order valence-corrected chi connectivity index (χ4v) is 3.19. The number of halogens is 2. The van der Waals surface area contributed by atoms with Gasteiger partial charge in [0.2, 0.25) is 0 Å². The summed E-state index contributed by atoms with van der Waals surface area (Å²) in [5.74, 6) is -0.561. The number of ketones is 1. The van der Waals surface area contributed by atoms with Gasteiger partial charge in [0.25, 0.3) is 5.69 Å². The summed E-state index contributed by atoms with van der Waals surface area (Å²) < 4.78 is 30.4. The minimum Gasteiger partial charge on any atom is -0.434 e. The lowest BCUT2D eigenvalue weighted by atomic mass is 10.00. The molecule has 0 amide bonds. The molecule has 0 bridgehead atoms. The van der Waals surface area contributed by atoms with E-state index in [1.165, 1.54) is 6.08 Å². The third-order valence-corrected chi connectivity index (χ3v) is 4.65. The first-order valence-electron chi connectivity index (χ1n) is 9.42. The van der Waals surface area contributed by atoms with Crippen molar-refractivity contribution in [1.29, 1.82) is 0 Å². The molecule has 9 heteroatoms. The van der Waals surface area contributed by atoms with Crippen molar-refractivity contribution in [3.63, 3.8) is 0 Å². The van der Waals surface area contributed by atoms with Crippen molar-refractivity contribution >= 4 is 34.2 Å². The molecule has 0 aliphatic rings. The molecule has 3 aromatic carbocycles. The van der Waals surface area contributed by atoms with Gasteiger partial charge in [0.15, 0.2) is 5.78 Å². The Hall–Kier alpha value is -4.40. The number of nitro groups is 1. The molecule has 160 valence electrons. The van der Waals surface area contributed by atoms with Gasteiger partial charge in [-0.3, -0.25) is 14.9 Å². The second-order valence-electron chi connectivity index (χ2n) is 6.71. The number of carbonyl (C=O) groups is 1. The number of fused-ring (bicyclic) bond motifs is 1. The Morgan fingerprint density at radius 2 is 1.78 bits per heavy atom. The van der Waals surface area contributed by atoms with Gasteiger partial charge in [-0.2, -0.15) is 8.78 Å². The van der Waals surface area contributed by atoms with E-state index in [0.29, 0.717) is 16.6 Å². The number of hydrogen-bond acceptors (Lipinski definition) is 5. The fraction of sp³-hybridized carbons (Fsp3) is 0.0435. The molecule has 0 atom stereocenters. The molecule has 7 nitrogen and oxygen atoms in total. The summed E-state index contributed by atoms with van der Waals surface area (Å²) in [4.78, 5) is 31.4. The van der Waals surface area contributed by atoms with E-state index in [0.717, 1.165) is 18.2 Å². The maximum Gasteiger partial charge on any atom is 0.387 e. The predicted molar refractivity (Wildman–Crippen MR) is 114 cm³/mol. The van der Waals surface area contributed by atoms with Crippen LogP contribution in [0.2, 0.25) is 0 Å². The summed E-state index contributed by atoms with van der Waals surface area (Å²) in [7, 11) is 0. The molecular weight excluding hydrogens is 420 g/mol. The number of para-hydroxylation sites is 2. The Kier molecular flexibility index (Phi) is 5.71. The number of benzene rings is 3. The van der Waals surface area contributed by atoms with Gasteiger partial charge in [-0.05, 0) is 24.3 Å². The maximum absolute atomic E-state index is 13.3. The first-order chi connectivity index (χ1) is 15.4. The number of aromatic amines is 1.